The molecule has 1 amide bonds. The van der Waals surface area contributed by atoms with Crippen LogP contribution in [0.4, 0.5) is 0 Å². The van der Waals surface area contributed by atoms with E-state index in [2.05, 4.69) is 21.6 Å². The molecule has 1 aromatic heterocycles. The van der Waals surface area contributed by atoms with Crippen LogP contribution < -0.4 is 10.1 Å². The van der Waals surface area contributed by atoms with E-state index >= 15 is 0 Å². The summed E-state index contributed by atoms with van der Waals surface area (Å²) in [5, 5.41) is 21.8. The number of hydrogen-bond acceptors (Lipinski definition) is 6. The number of nitriles is 1. The van der Waals surface area contributed by atoms with E-state index in [9.17, 15) is 10.1 Å². The molecule has 3 aromatic rings. The van der Waals surface area contributed by atoms with Crippen LogP contribution in [0.3, 0.4) is 0 Å². The highest BCUT2D eigenvalue weighted by Gasteiger charge is 2.32. The van der Waals surface area contributed by atoms with Crippen molar-refractivity contribution in [1.82, 2.24) is 20.1 Å². The third-order valence-corrected chi connectivity index (χ3v) is 6.78. The van der Waals surface area contributed by atoms with Crippen molar-refractivity contribution in [3.8, 4) is 28.9 Å². The first-order chi connectivity index (χ1) is 15.7. The second-order valence-corrected chi connectivity index (χ2v) is 9.78. The van der Waals surface area contributed by atoms with Gasteiger partial charge in [0, 0.05) is 10.7 Å². The van der Waals surface area contributed by atoms with Gasteiger partial charge in [-0.15, -0.1) is 10.2 Å². The molecular formula is C24H26ClN5O2S. The molecule has 0 saturated heterocycles. The van der Waals surface area contributed by atoms with Crippen molar-refractivity contribution >= 4 is 29.3 Å². The summed E-state index contributed by atoms with van der Waals surface area (Å²) < 4.78 is 7.39. The van der Waals surface area contributed by atoms with Gasteiger partial charge in [0.1, 0.15) is 11.3 Å². The molecule has 0 saturated carbocycles. The molecule has 2 atom stereocenters. The van der Waals surface area contributed by atoms with Crippen molar-refractivity contribution in [3.63, 3.8) is 0 Å². The topological polar surface area (TPSA) is 92.8 Å². The molecule has 3 rings (SSSR count). The Morgan fingerprint density at radius 3 is 2.45 bits per heavy atom. The summed E-state index contributed by atoms with van der Waals surface area (Å²) in [6.07, 6.45) is 0. The van der Waals surface area contributed by atoms with E-state index in [1.54, 1.807) is 33.1 Å². The van der Waals surface area contributed by atoms with Crippen molar-refractivity contribution in [2.24, 2.45) is 5.92 Å². The Kier molecular flexibility index (Phi) is 7.67. The number of thioether (sulfide) groups is 1. The lowest BCUT2D eigenvalue weighted by molar-refractivity contribution is -0.121. The number of hydrogen-bond donors (Lipinski definition) is 1. The Hall–Kier alpha value is -3.02. The molecule has 2 aromatic carbocycles. The highest BCUT2D eigenvalue weighted by Crippen LogP contribution is 2.34. The lowest BCUT2D eigenvalue weighted by atomic mass is 9.90. The number of nitrogens with one attached hydrogen (secondary N) is 1. The van der Waals surface area contributed by atoms with Gasteiger partial charge in [-0.05, 0) is 56.2 Å². The molecular weight excluding hydrogens is 458 g/mol. The van der Waals surface area contributed by atoms with Crippen LogP contribution in [-0.4, -0.2) is 38.6 Å². The zero-order valence-electron chi connectivity index (χ0n) is 19.2. The lowest BCUT2D eigenvalue weighted by Crippen LogP contribution is -2.51. The smallest absolute Gasteiger partial charge is 0.234 e. The highest BCUT2D eigenvalue weighted by molar-refractivity contribution is 8.00. The average Bonchev–Trinajstić information content (AvgIpc) is 3.22. The predicted octanol–water partition coefficient (Wildman–Crippen LogP) is 5.13. The Bertz CT molecular complexity index is 1170. The summed E-state index contributed by atoms with van der Waals surface area (Å²) in [6.45, 7) is 7.31. The summed E-state index contributed by atoms with van der Waals surface area (Å²) in [7, 11) is 1.60. The van der Waals surface area contributed by atoms with Gasteiger partial charge in [-0.3, -0.25) is 9.36 Å². The van der Waals surface area contributed by atoms with Crippen LogP contribution >= 0.6 is 23.4 Å². The number of ether oxygens (including phenoxy) is 1. The molecule has 0 aliphatic rings. The third-order valence-electron chi connectivity index (χ3n) is 5.49. The maximum Gasteiger partial charge on any atom is 0.234 e. The molecule has 172 valence electrons. The van der Waals surface area contributed by atoms with E-state index in [0.717, 1.165) is 11.3 Å². The van der Waals surface area contributed by atoms with Crippen LogP contribution in [0, 0.1) is 17.2 Å². The molecule has 0 aliphatic carbocycles. The maximum atomic E-state index is 12.9. The molecule has 9 heteroatoms. The van der Waals surface area contributed by atoms with Gasteiger partial charge in [0.15, 0.2) is 11.0 Å². The van der Waals surface area contributed by atoms with Crippen LogP contribution in [0.1, 0.15) is 27.7 Å². The minimum Gasteiger partial charge on any atom is -0.496 e. The van der Waals surface area contributed by atoms with Crippen LogP contribution in [-0.2, 0) is 4.79 Å². The van der Waals surface area contributed by atoms with Crippen LogP contribution in [0.5, 0.6) is 5.75 Å². The Labute approximate surface area is 203 Å². The predicted molar refractivity (Wildman–Crippen MR) is 131 cm³/mol. The van der Waals surface area contributed by atoms with E-state index < -0.39 is 10.8 Å². The number of methoxy groups -OCH3 is 1. The Morgan fingerprint density at radius 1 is 1.18 bits per heavy atom. The summed E-state index contributed by atoms with van der Waals surface area (Å²) in [4.78, 5) is 12.9. The number of nitrogens with zero attached hydrogens (tertiary/aromatic N) is 4. The van der Waals surface area contributed by atoms with E-state index in [4.69, 9.17) is 16.3 Å². The number of carbonyl (C=O) groups excluding carboxylic acids is 1. The number of benzene rings is 2. The van der Waals surface area contributed by atoms with Gasteiger partial charge in [0.05, 0.1) is 24.0 Å². The summed E-state index contributed by atoms with van der Waals surface area (Å²) in [5.41, 5.74) is 0.603. The number of rotatable bonds is 8. The van der Waals surface area contributed by atoms with Crippen molar-refractivity contribution in [3.05, 3.63) is 53.6 Å². The normalized spacial score (nSPS) is 13.8. The van der Waals surface area contributed by atoms with Gasteiger partial charge in [0.2, 0.25) is 5.91 Å². The minimum atomic E-state index is -0.960. The molecule has 33 heavy (non-hydrogen) atoms. The lowest BCUT2D eigenvalue weighted by Gasteiger charge is -2.28. The van der Waals surface area contributed by atoms with E-state index in [1.165, 1.54) is 11.8 Å². The van der Waals surface area contributed by atoms with Gasteiger partial charge in [-0.1, -0.05) is 49.3 Å². The van der Waals surface area contributed by atoms with E-state index in [1.807, 2.05) is 54.8 Å². The van der Waals surface area contributed by atoms with Gasteiger partial charge in [-0.25, -0.2) is 0 Å². The fourth-order valence-electron chi connectivity index (χ4n) is 3.04. The van der Waals surface area contributed by atoms with Crippen LogP contribution in [0.15, 0.2) is 53.7 Å². The second-order valence-electron chi connectivity index (χ2n) is 8.04. The standard InChI is InChI=1S/C24H26ClN5O2S/c1-15(2)24(4,14-26)27-22(31)16(3)33-23-29-28-21(19-8-6-7-9-20(19)32-5)30(23)18-12-10-17(25)11-13-18/h6-13,15-16H,1-5H3,(H,27,31). The van der Waals surface area contributed by atoms with Crippen molar-refractivity contribution in [1.29, 1.82) is 5.26 Å². The molecule has 2 unspecified atom stereocenters. The van der Waals surface area contributed by atoms with Gasteiger partial charge in [-0.2, -0.15) is 5.26 Å². The quantitative estimate of drug-likeness (QED) is 0.446. The molecule has 1 heterocycles. The van der Waals surface area contributed by atoms with Crippen molar-refractivity contribution < 1.29 is 9.53 Å². The van der Waals surface area contributed by atoms with Crippen molar-refractivity contribution in [2.45, 2.75) is 43.6 Å². The molecule has 0 radical (unpaired) electrons. The van der Waals surface area contributed by atoms with Gasteiger partial charge < -0.3 is 10.1 Å². The third kappa shape index (κ3) is 5.32. The van der Waals surface area contributed by atoms with Crippen LogP contribution in [0.2, 0.25) is 5.02 Å². The van der Waals surface area contributed by atoms with E-state index in [-0.39, 0.29) is 11.8 Å². The molecule has 0 bridgehead atoms. The number of halogens is 1. The number of aromatic nitrogens is 3. The zero-order chi connectivity index (χ0) is 24.2. The SMILES string of the molecule is COc1ccccc1-c1nnc(SC(C)C(=O)NC(C)(C#N)C(C)C)n1-c1ccc(Cl)cc1. The zero-order valence-corrected chi connectivity index (χ0v) is 20.7. The average molecular weight is 484 g/mol. The first-order valence-electron chi connectivity index (χ1n) is 10.4. The fraction of sp³-hybridized carbons (Fsp3) is 0.333. The largest absolute Gasteiger partial charge is 0.496 e. The summed E-state index contributed by atoms with van der Waals surface area (Å²) >= 11 is 7.36. The number of carbonyl (C=O) groups is 1. The van der Waals surface area contributed by atoms with Crippen LogP contribution in [0.25, 0.3) is 17.1 Å². The Morgan fingerprint density at radius 2 is 1.85 bits per heavy atom. The maximum absolute atomic E-state index is 12.9. The van der Waals surface area contributed by atoms with E-state index in [0.29, 0.717) is 21.8 Å². The highest BCUT2D eigenvalue weighted by atomic mass is 35.5. The first kappa shape index (κ1) is 24.6. The van der Waals surface area contributed by atoms with Gasteiger partial charge in [0.25, 0.3) is 0 Å². The molecule has 0 aliphatic heterocycles. The first-order valence-corrected chi connectivity index (χ1v) is 11.7. The fourth-order valence-corrected chi connectivity index (χ4v) is 4.04. The molecule has 0 spiro atoms. The van der Waals surface area contributed by atoms with Crippen molar-refractivity contribution in [2.75, 3.05) is 7.11 Å². The monoisotopic (exact) mass is 483 g/mol. The molecule has 0 fully saturated rings. The molecule has 1 N–H and O–H groups in total. The minimum absolute atomic E-state index is 0.0430. The molecule has 7 nitrogen and oxygen atoms in total. The summed E-state index contributed by atoms with van der Waals surface area (Å²) in [6, 6.07) is 17.1. The van der Waals surface area contributed by atoms with Gasteiger partial charge >= 0.3 is 0 Å². The number of amides is 1. The Balaban J connectivity index is 2.01. The second kappa shape index (κ2) is 10.3. The number of para-hydroxylation sites is 1. The summed E-state index contributed by atoms with van der Waals surface area (Å²) in [5.74, 6) is 0.943.